The Kier molecular flexibility index (Phi) is 6.58. The molecule has 52 valence electrons. The maximum Gasteiger partial charge on any atom is 0.293 e. The molecule has 0 atom stereocenters. The molecule has 0 heterocycles. The quantitative estimate of drug-likeness (QED) is 0.319. The van der Waals surface area contributed by atoms with Gasteiger partial charge in [0.2, 0.25) is 0 Å². The number of rotatable bonds is 5. The van der Waals surface area contributed by atoms with Crippen LogP contribution in [0.4, 0.5) is 0 Å². The van der Waals surface area contributed by atoms with E-state index in [-0.39, 0.29) is 0 Å². The molecule has 0 aromatic carbocycles. The van der Waals surface area contributed by atoms with E-state index in [9.17, 15) is 4.79 Å². The zero-order chi connectivity index (χ0) is 6.95. The summed E-state index contributed by atoms with van der Waals surface area (Å²) in [6, 6.07) is 0. The van der Waals surface area contributed by atoms with E-state index in [0.29, 0.717) is 13.1 Å². The minimum atomic E-state index is 0.406. The summed E-state index contributed by atoms with van der Waals surface area (Å²) in [4.78, 5) is 9.58. The maximum absolute atomic E-state index is 9.58. The van der Waals surface area contributed by atoms with Crippen molar-refractivity contribution in [1.29, 1.82) is 0 Å². The molecule has 0 fully saturated rings. The number of carbonyl (C=O) groups is 1. The first kappa shape index (κ1) is 8.21. The lowest BCUT2D eigenvalue weighted by atomic mass is 10.3. The predicted molar refractivity (Wildman–Crippen MR) is 36.1 cm³/mol. The minimum absolute atomic E-state index is 0.406. The molecule has 0 unspecified atom stereocenters. The molecule has 2 nitrogen and oxygen atoms in total. The third-order valence-corrected chi connectivity index (χ3v) is 0.882. The van der Waals surface area contributed by atoms with Crippen LogP contribution in [-0.4, -0.2) is 13.1 Å². The van der Waals surface area contributed by atoms with Gasteiger partial charge in [0.1, 0.15) is 6.61 Å². The molecular weight excluding hydrogens is 116 g/mol. The third-order valence-electron chi connectivity index (χ3n) is 0.882. The van der Waals surface area contributed by atoms with Gasteiger partial charge < -0.3 is 4.74 Å². The van der Waals surface area contributed by atoms with Crippen LogP contribution in [0.3, 0.4) is 0 Å². The predicted octanol–water partition coefficient (Wildman–Crippen LogP) is 1.52. The van der Waals surface area contributed by atoms with Crippen molar-refractivity contribution in [2.45, 2.75) is 19.8 Å². The number of ether oxygens (including phenoxy) is 1. The van der Waals surface area contributed by atoms with Crippen LogP contribution in [0.1, 0.15) is 19.8 Å². The van der Waals surface area contributed by atoms with Crippen LogP contribution in [0.2, 0.25) is 0 Å². The summed E-state index contributed by atoms with van der Waals surface area (Å²) in [6.07, 6.45) is 6.04. The van der Waals surface area contributed by atoms with Gasteiger partial charge in [-0.3, -0.25) is 4.79 Å². The zero-order valence-corrected chi connectivity index (χ0v) is 5.67. The number of unbranched alkanes of at least 4 members (excludes halogenated alkanes) is 1. The molecule has 9 heavy (non-hydrogen) atoms. The molecule has 0 N–H and O–H groups in total. The molecule has 0 spiro atoms. The Morgan fingerprint density at radius 3 is 2.78 bits per heavy atom. The van der Waals surface area contributed by atoms with E-state index >= 15 is 0 Å². The van der Waals surface area contributed by atoms with Crippen LogP contribution in [0.25, 0.3) is 0 Å². The van der Waals surface area contributed by atoms with E-state index in [1.54, 1.807) is 0 Å². The van der Waals surface area contributed by atoms with Gasteiger partial charge in [-0.2, -0.15) is 0 Å². The summed E-state index contributed by atoms with van der Waals surface area (Å²) in [7, 11) is 0. The van der Waals surface area contributed by atoms with Gasteiger partial charge in [0.15, 0.2) is 0 Å². The van der Waals surface area contributed by atoms with Crippen molar-refractivity contribution in [3.8, 4) is 0 Å². The van der Waals surface area contributed by atoms with Crippen molar-refractivity contribution in [2.24, 2.45) is 0 Å². The Labute approximate surface area is 55.5 Å². The smallest absolute Gasteiger partial charge is 0.293 e. The van der Waals surface area contributed by atoms with Gasteiger partial charge in [-0.1, -0.05) is 25.5 Å². The molecular formula is C7H12O2. The molecule has 0 aliphatic carbocycles. The Bertz CT molecular complexity index is 86.9. The van der Waals surface area contributed by atoms with Crippen LogP contribution in [0.5, 0.6) is 0 Å². The fourth-order valence-corrected chi connectivity index (χ4v) is 0.447. The van der Waals surface area contributed by atoms with Crippen LogP contribution in [0, 0.1) is 0 Å². The summed E-state index contributed by atoms with van der Waals surface area (Å²) in [6.45, 7) is 2.96. The largest absolute Gasteiger partial charge is 0.464 e. The highest BCUT2D eigenvalue weighted by atomic mass is 16.5. The van der Waals surface area contributed by atoms with Gasteiger partial charge in [-0.05, 0) is 6.42 Å². The van der Waals surface area contributed by atoms with Crippen molar-refractivity contribution < 1.29 is 9.53 Å². The van der Waals surface area contributed by atoms with Crippen molar-refractivity contribution in [3.63, 3.8) is 0 Å². The third kappa shape index (κ3) is 7.21. The summed E-state index contributed by atoms with van der Waals surface area (Å²) >= 11 is 0. The Morgan fingerprint density at radius 1 is 1.44 bits per heavy atom. The first-order valence-corrected chi connectivity index (χ1v) is 3.12. The highest BCUT2D eigenvalue weighted by Gasteiger charge is 1.74. The molecule has 0 radical (unpaired) electrons. The monoisotopic (exact) mass is 128 g/mol. The average Bonchev–Trinajstić information content (AvgIpc) is 1.89. The van der Waals surface area contributed by atoms with Crippen LogP contribution < -0.4 is 0 Å². The number of allylic oxidation sites excluding steroid dienone is 1. The second kappa shape index (κ2) is 7.21. The van der Waals surface area contributed by atoms with Gasteiger partial charge in [-0.15, -0.1) is 0 Å². The normalized spacial score (nSPS) is 9.89. The van der Waals surface area contributed by atoms with Crippen LogP contribution >= 0.6 is 0 Å². The fourth-order valence-electron chi connectivity index (χ4n) is 0.447. The van der Waals surface area contributed by atoms with Gasteiger partial charge in [0, 0.05) is 0 Å². The van der Waals surface area contributed by atoms with Crippen molar-refractivity contribution in [1.82, 2.24) is 0 Å². The Morgan fingerprint density at radius 2 is 2.22 bits per heavy atom. The van der Waals surface area contributed by atoms with Crippen LogP contribution in [-0.2, 0) is 9.53 Å². The molecule has 0 aliphatic rings. The summed E-state index contributed by atoms with van der Waals surface area (Å²) < 4.78 is 4.41. The SMILES string of the molecule is CCC/C=C\COC=O. The van der Waals surface area contributed by atoms with E-state index in [1.807, 2.05) is 12.2 Å². The average molecular weight is 128 g/mol. The van der Waals surface area contributed by atoms with E-state index < -0.39 is 0 Å². The topological polar surface area (TPSA) is 26.3 Å². The zero-order valence-electron chi connectivity index (χ0n) is 5.67. The Balaban J connectivity index is 2.94. The van der Waals surface area contributed by atoms with Gasteiger partial charge in [0.05, 0.1) is 0 Å². The van der Waals surface area contributed by atoms with Crippen LogP contribution in [0.15, 0.2) is 12.2 Å². The van der Waals surface area contributed by atoms with Crippen molar-refractivity contribution in [2.75, 3.05) is 6.61 Å². The molecule has 0 aromatic rings. The highest BCUT2D eigenvalue weighted by molar-refractivity contribution is 5.37. The first-order valence-electron chi connectivity index (χ1n) is 3.12. The maximum atomic E-state index is 9.58. The van der Waals surface area contributed by atoms with E-state index in [4.69, 9.17) is 0 Å². The molecule has 0 aromatic heterocycles. The lowest BCUT2D eigenvalue weighted by Gasteiger charge is -1.87. The first-order chi connectivity index (χ1) is 4.41. The van der Waals surface area contributed by atoms with Crippen molar-refractivity contribution in [3.05, 3.63) is 12.2 Å². The second-order valence-electron chi connectivity index (χ2n) is 1.69. The Hall–Kier alpha value is -0.790. The lowest BCUT2D eigenvalue weighted by Crippen LogP contribution is -1.84. The van der Waals surface area contributed by atoms with Gasteiger partial charge in [0.25, 0.3) is 6.47 Å². The van der Waals surface area contributed by atoms with E-state index in [0.717, 1.165) is 12.8 Å². The molecule has 0 aliphatic heterocycles. The minimum Gasteiger partial charge on any atom is -0.464 e. The molecule has 0 amide bonds. The van der Waals surface area contributed by atoms with E-state index in [2.05, 4.69) is 11.7 Å². The number of hydrogen-bond acceptors (Lipinski definition) is 2. The van der Waals surface area contributed by atoms with Crippen molar-refractivity contribution >= 4 is 6.47 Å². The molecule has 0 bridgehead atoms. The number of carbonyl (C=O) groups excluding carboxylic acids is 1. The van der Waals surface area contributed by atoms with Gasteiger partial charge >= 0.3 is 0 Å². The summed E-state index contributed by atoms with van der Waals surface area (Å²) in [5.41, 5.74) is 0. The summed E-state index contributed by atoms with van der Waals surface area (Å²) in [5.74, 6) is 0. The summed E-state index contributed by atoms with van der Waals surface area (Å²) in [5, 5.41) is 0. The highest BCUT2D eigenvalue weighted by Crippen LogP contribution is 1.87. The molecule has 0 saturated heterocycles. The standard InChI is InChI=1S/C7H12O2/c1-2-3-4-5-6-9-7-8/h4-5,7H,2-3,6H2,1H3/b5-4-. The van der Waals surface area contributed by atoms with Gasteiger partial charge in [-0.25, -0.2) is 0 Å². The molecule has 2 heteroatoms. The molecule has 0 rings (SSSR count). The number of hydrogen-bond donors (Lipinski definition) is 0. The molecule has 0 saturated carbocycles. The fraction of sp³-hybridized carbons (Fsp3) is 0.571. The second-order valence-corrected chi connectivity index (χ2v) is 1.69. The lowest BCUT2D eigenvalue weighted by molar-refractivity contribution is -0.127. The van der Waals surface area contributed by atoms with E-state index in [1.165, 1.54) is 0 Å².